The van der Waals surface area contributed by atoms with Gasteiger partial charge < -0.3 is 5.73 Å². The minimum Gasteiger partial charge on any atom is -0.369 e. The van der Waals surface area contributed by atoms with E-state index in [4.69, 9.17) is 17.3 Å². The van der Waals surface area contributed by atoms with Crippen LogP contribution in [-0.4, -0.2) is 9.55 Å². The second-order valence-corrected chi connectivity index (χ2v) is 5.13. The summed E-state index contributed by atoms with van der Waals surface area (Å²) in [5, 5.41) is 0.602. The second-order valence-electron chi connectivity index (χ2n) is 3.86. The first-order valence-corrected chi connectivity index (χ1v) is 6.53. The lowest BCUT2D eigenvalue weighted by Gasteiger charge is -2.08. The Labute approximate surface area is 117 Å². The number of hydrogen-bond acceptors (Lipinski definition) is 2. The number of imidazole rings is 1. The SMILES string of the molecule is Nc1nc2c(Cl)cccc2n1-c1ccccc1Br. The van der Waals surface area contributed by atoms with Gasteiger partial charge in [-0.15, -0.1) is 0 Å². The molecule has 0 saturated carbocycles. The van der Waals surface area contributed by atoms with Gasteiger partial charge in [-0.25, -0.2) is 4.98 Å². The van der Waals surface area contributed by atoms with Gasteiger partial charge in [0.1, 0.15) is 5.52 Å². The number of nitrogens with two attached hydrogens (primary N) is 1. The normalized spacial score (nSPS) is 11.0. The average Bonchev–Trinajstić information content (AvgIpc) is 2.68. The van der Waals surface area contributed by atoms with Gasteiger partial charge in [0.05, 0.1) is 16.2 Å². The van der Waals surface area contributed by atoms with Crippen LogP contribution in [0.3, 0.4) is 0 Å². The fourth-order valence-corrected chi connectivity index (χ4v) is 2.64. The largest absolute Gasteiger partial charge is 0.369 e. The van der Waals surface area contributed by atoms with Crippen molar-refractivity contribution < 1.29 is 0 Å². The van der Waals surface area contributed by atoms with Crippen LogP contribution in [0.2, 0.25) is 5.02 Å². The van der Waals surface area contributed by atoms with Crippen LogP contribution in [0.4, 0.5) is 5.95 Å². The Morgan fingerprint density at radius 2 is 1.89 bits per heavy atom. The van der Waals surface area contributed by atoms with Gasteiger partial charge in [-0.2, -0.15) is 0 Å². The first-order valence-electron chi connectivity index (χ1n) is 5.36. The van der Waals surface area contributed by atoms with Crippen molar-refractivity contribution in [1.29, 1.82) is 0 Å². The molecule has 0 atom stereocenters. The van der Waals surface area contributed by atoms with Crippen molar-refractivity contribution >= 4 is 44.5 Å². The van der Waals surface area contributed by atoms with Gasteiger partial charge in [-0.3, -0.25) is 4.57 Å². The first kappa shape index (κ1) is 11.6. The van der Waals surface area contributed by atoms with Crippen LogP contribution < -0.4 is 5.73 Å². The number of para-hydroxylation sites is 2. The van der Waals surface area contributed by atoms with E-state index in [0.29, 0.717) is 16.5 Å². The Morgan fingerprint density at radius 1 is 1.11 bits per heavy atom. The Bertz CT molecular complexity index is 736. The van der Waals surface area contributed by atoms with Gasteiger partial charge in [-0.05, 0) is 40.2 Å². The van der Waals surface area contributed by atoms with Crippen LogP contribution in [-0.2, 0) is 0 Å². The zero-order valence-electron chi connectivity index (χ0n) is 9.27. The second kappa shape index (κ2) is 4.30. The topological polar surface area (TPSA) is 43.8 Å². The minimum atomic E-state index is 0.421. The van der Waals surface area contributed by atoms with Gasteiger partial charge in [0.15, 0.2) is 0 Å². The monoisotopic (exact) mass is 321 g/mol. The highest BCUT2D eigenvalue weighted by atomic mass is 79.9. The molecule has 5 heteroatoms. The summed E-state index contributed by atoms with van der Waals surface area (Å²) in [5.41, 5.74) is 8.55. The maximum Gasteiger partial charge on any atom is 0.206 e. The molecule has 0 aliphatic rings. The molecule has 2 N–H and O–H groups in total. The van der Waals surface area contributed by atoms with E-state index >= 15 is 0 Å². The number of hydrogen-bond donors (Lipinski definition) is 1. The van der Waals surface area contributed by atoms with Gasteiger partial charge >= 0.3 is 0 Å². The molecule has 0 bridgehead atoms. The molecular weight excluding hydrogens is 314 g/mol. The molecule has 3 aromatic rings. The van der Waals surface area contributed by atoms with Crippen molar-refractivity contribution in [3.63, 3.8) is 0 Å². The summed E-state index contributed by atoms with van der Waals surface area (Å²) in [6.07, 6.45) is 0. The van der Waals surface area contributed by atoms with Crippen molar-refractivity contribution in [2.75, 3.05) is 5.73 Å². The fourth-order valence-electron chi connectivity index (χ4n) is 1.97. The zero-order valence-corrected chi connectivity index (χ0v) is 11.6. The van der Waals surface area contributed by atoms with Crippen molar-refractivity contribution in [2.24, 2.45) is 0 Å². The van der Waals surface area contributed by atoms with Crippen LogP contribution in [0.5, 0.6) is 0 Å². The molecule has 0 aliphatic carbocycles. The van der Waals surface area contributed by atoms with E-state index in [-0.39, 0.29) is 0 Å². The van der Waals surface area contributed by atoms with E-state index in [1.165, 1.54) is 0 Å². The van der Waals surface area contributed by atoms with E-state index < -0.39 is 0 Å². The van der Waals surface area contributed by atoms with Crippen LogP contribution in [0.1, 0.15) is 0 Å². The fraction of sp³-hybridized carbons (Fsp3) is 0. The number of nitrogens with zero attached hydrogens (tertiary/aromatic N) is 2. The number of halogens is 2. The van der Waals surface area contributed by atoms with Crippen molar-refractivity contribution in [2.45, 2.75) is 0 Å². The average molecular weight is 323 g/mol. The molecule has 18 heavy (non-hydrogen) atoms. The Balaban J connectivity index is 2.40. The Morgan fingerprint density at radius 3 is 2.67 bits per heavy atom. The van der Waals surface area contributed by atoms with E-state index in [1.807, 2.05) is 41.0 Å². The molecule has 0 radical (unpaired) electrons. The third kappa shape index (κ3) is 1.69. The number of aromatic nitrogens is 2. The number of anilines is 1. The van der Waals surface area contributed by atoms with Crippen molar-refractivity contribution in [3.8, 4) is 5.69 Å². The number of rotatable bonds is 1. The molecule has 1 heterocycles. The molecule has 3 rings (SSSR count). The lowest BCUT2D eigenvalue weighted by molar-refractivity contribution is 1.10. The lowest BCUT2D eigenvalue weighted by Crippen LogP contribution is -2.01. The lowest BCUT2D eigenvalue weighted by atomic mass is 10.3. The summed E-state index contributed by atoms with van der Waals surface area (Å²) in [7, 11) is 0. The van der Waals surface area contributed by atoms with Crippen LogP contribution in [0.15, 0.2) is 46.9 Å². The van der Waals surface area contributed by atoms with Gasteiger partial charge in [-0.1, -0.05) is 29.8 Å². The number of fused-ring (bicyclic) bond motifs is 1. The molecule has 0 spiro atoms. The summed E-state index contributed by atoms with van der Waals surface area (Å²) in [6, 6.07) is 13.5. The van der Waals surface area contributed by atoms with Gasteiger partial charge in [0.25, 0.3) is 0 Å². The first-order chi connectivity index (χ1) is 8.68. The third-order valence-corrected chi connectivity index (χ3v) is 3.73. The van der Waals surface area contributed by atoms with Crippen LogP contribution in [0.25, 0.3) is 16.7 Å². The summed E-state index contributed by atoms with van der Waals surface area (Å²) < 4.78 is 2.83. The summed E-state index contributed by atoms with van der Waals surface area (Å²) in [6.45, 7) is 0. The summed E-state index contributed by atoms with van der Waals surface area (Å²) >= 11 is 9.65. The maximum absolute atomic E-state index is 6.13. The summed E-state index contributed by atoms with van der Waals surface area (Å²) in [5.74, 6) is 0.421. The minimum absolute atomic E-state index is 0.421. The van der Waals surface area contributed by atoms with E-state index in [2.05, 4.69) is 20.9 Å². The molecule has 3 nitrogen and oxygen atoms in total. The molecular formula is C13H9BrClN3. The van der Waals surface area contributed by atoms with Crippen molar-refractivity contribution in [1.82, 2.24) is 9.55 Å². The van der Waals surface area contributed by atoms with Crippen LogP contribution >= 0.6 is 27.5 Å². The maximum atomic E-state index is 6.13. The number of nitrogen functional groups attached to an aromatic ring is 1. The molecule has 0 amide bonds. The van der Waals surface area contributed by atoms with Crippen molar-refractivity contribution in [3.05, 3.63) is 52.0 Å². The van der Waals surface area contributed by atoms with E-state index in [1.54, 1.807) is 6.07 Å². The van der Waals surface area contributed by atoms with Gasteiger partial charge in [0, 0.05) is 4.47 Å². The van der Waals surface area contributed by atoms with E-state index in [0.717, 1.165) is 15.7 Å². The molecule has 90 valence electrons. The molecule has 2 aromatic carbocycles. The standard InChI is InChI=1S/C13H9BrClN3/c14-8-4-1-2-6-10(8)18-11-7-3-5-9(15)12(11)17-13(18)16/h1-7H,(H2,16,17). The molecule has 1 aromatic heterocycles. The van der Waals surface area contributed by atoms with E-state index in [9.17, 15) is 0 Å². The molecule has 0 fully saturated rings. The molecule has 0 unspecified atom stereocenters. The third-order valence-electron chi connectivity index (χ3n) is 2.76. The van der Waals surface area contributed by atoms with Crippen LogP contribution in [0, 0.1) is 0 Å². The smallest absolute Gasteiger partial charge is 0.206 e. The number of benzene rings is 2. The highest BCUT2D eigenvalue weighted by Crippen LogP contribution is 2.30. The zero-order chi connectivity index (χ0) is 12.7. The predicted octanol–water partition coefficient (Wildman–Crippen LogP) is 4.02. The molecule has 0 aliphatic heterocycles. The van der Waals surface area contributed by atoms with Gasteiger partial charge in [0.2, 0.25) is 5.95 Å². The quantitative estimate of drug-likeness (QED) is 0.735. The Kier molecular flexibility index (Phi) is 2.76. The predicted molar refractivity (Wildman–Crippen MR) is 78.2 cm³/mol. The molecule has 0 saturated heterocycles. The Hall–Kier alpha value is -1.52. The summed E-state index contributed by atoms with van der Waals surface area (Å²) in [4.78, 5) is 4.32. The highest BCUT2D eigenvalue weighted by Gasteiger charge is 2.13. The highest BCUT2D eigenvalue weighted by molar-refractivity contribution is 9.10.